The summed E-state index contributed by atoms with van der Waals surface area (Å²) in [6.07, 6.45) is 3.67. The zero-order chi connectivity index (χ0) is 13.0. The minimum atomic E-state index is -0.624. The average Bonchev–Trinajstić information content (AvgIpc) is 2.99. The molecule has 0 spiro atoms. The van der Waals surface area contributed by atoms with Crippen molar-refractivity contribution < 1.29 is 14.1 Å². The Morgan fingerprint density at radius 1 is 1.67 bits per heavy atom. The average molecular weight is 251 g/mol. The number of aromatic nitrogens is 4. The lowest BCUT2D eigenvalue weighted by molar-refractivity contribution is 0.0508. The van der Waals surface area contributed by atoms with E-state index in [9.17, 15) is 4.79 Å². The molecule has 3 N–H and O–H groups in total. The van der Waals surface area contributed by atoms with E-state index in [1.165, 1.54) is 0 Å². The minimum Gasteiger partial charge on any atom is -0.460 e. The molecule has 0 radical (unpaired) electrons. The molecule has 8 heteroatoms. The molecule has 0 saturated heterocycles. The van der Waals surface area contributed by atoms with Crippen molar-refractivity contribution in [3.8, 4) is 0 Å². The summed E-state index contributed by atoms with van der Waals surface area (Å²) >= 11 is 0. The van der Waals surface area contributed by atoms with Gasteiger partial charge in [-0.15, -0.1) is 0 Å². The van der Waals surface area contributed by atoms with Gasteiger partial charge in [0.25, 0.3) is 5.82 Å². The van der Waals surface area contributed by atoms with Gasteiger partial charge in [-0.3, -0.25) is 0 Å². The minimum absolute atomic E-state index is 0.119. The van der Waals surface area contributed by atoms with E-state index in [1.807, 2.05) is 0 Å². The van der Waals surface area contributed by atoms with E-state index in [0.29, 0.717) is 6.42 Å². The molecule has 96 valence electrons. The maximum atomic E-state index is 11.3. The molecule has 18 heavy (non-hydrogen) atoms. The van der Waals surface area contributed by atoms with Gasteiger partial charge in [0.2, 0.25) is 5.89 Å². The van der Waals surface area contributed by atoms with Crippen molar-refractivity contribution >= 4 is 5.97 Å². The Morgan fingerprint density at radius 3 is 3.17 bits per heavy atom. The Hall–Kier alpha value is -2.22. The number of hydrogen-bond acceptors (Lipinski definition) is 7. The molecule has 2 aromatic heterocycles. The van der Waals surface area contributed by atoms with E-state index < -0.39 is 12.0 Å². The number of ether oxygens (including phenoxy) is 1. The molecule has 2 heterocycles. The predicted molar refractivity (Wildman–Crippen MR) is 59.5 cm³/mol. The van der Waals surface area contributed by atoms with Crippen LogP contribution in [0.5, 0.6) is 0 Å². The highest BCUT2D eigenvalue weighted by atomic mass is 16.5. The monoisotopic (exact) mass is 251 g/mol. The summed E-state index contributed by atoms with van der Waals surface area (Å²) in [6.45, 7) is 1.95. The van der Waals surface area contributed by atoms with Crippen molar-refractivity contribution in [1.29, 1.82) is 0 Å². The molecule has 1 unspecified atom stereocenters. The number of esters is 1. The Kier molecular flexibility index (Phi) is 3.68. The van der Waals surface area contributed by atoms with Crippen LogP contribution in [0.1, 0.15) is 35.2 Å². The number of carbonyl (C=O) groups excluding carboxylic acids is 1. The van der Waals surface area contributed by atoms with Crippen LogP contribution in [0.3, 0.4) is 0 Å². The van der Waals surface area contributed by atoms with Crippen LogP contribution in [0.15, 0.2) is 17.0 Å². The van der Waals surface area contributed by atoms with E-state index in [1.54, 1.807) is 19.4 Å². The summed E-state index contributed by atoms with van der Waals surface area (Å²) in [5.41, 5.74) is 6.72. The second kappa shape index (κ2) is 5.41. The van der Waals surface area contributed by atoms with Gasteiger partial charge in [-0.2, -0.15) is 4.98 Å². The van der Waals surface area contributed by atoms with Crippen LogP contribution in [0.2, 0.25) is 0 Å². The largest absolute Gasteiger partial charge is 0.460 e. The smallest absolute Gasteiger partial charge is 0.379 e. The first-order valence-electron chi connectivity index (χ1n) is 5.44. The zero-order valence-corrected chi connectivity index (χ0v) is 9.79. The summed E-state index contributed by atoms with van der Waals surface area (Å²) in [7, 11) is 0. The Morgan fingerprint density at radius 2 is 2.50 bits per heavy atom. The fourth-order valence-electron chi connectivity index (χ4n) is 1.38. The molecule has 0 bridgehead atoms. The van der Waals surface area contributed by atoms with Gasteiger partial charge in [0.15, 0.2) is 0 Å². The molecule has 0 saturated carbocycles. The maximum Gasteiger partial charge on any atom is 0.379 e. The third kappa shape index (κ3) is 2.72. The number of rotatable bonds is 5. The summed E-state index contributed by atoms with van der Waals surface area (Å²) in [4.78, 5) is 22.0. The standard InChI is InChI=1S/C10H13N5O3/c1-2-17-10(16)8-14-9(18-15-8)7(11)3-6-4-12-5-13-6/h4-5,7H,2-3,11H2,1H3,(H,12,13). The van der Waals surface area contributed by atoms with Gasteiger partial charge in [0, 0.05) is 18.3 Å². The SMILES string of the molecule is CCOC(=O)c1noc(C(N)Cc2cnc[nH]2)n1. The normalized spacial score (nSPS) is 12.3. The number of nitrogens with two attached hydrogens (primary N) is 1. The maximum absolute atomic E-state index is 11.3. The van der Waals surface area contributed by atoms with Crippen LogP contribution in [-0.4, -0.2) is 32.7 Å². The van der Waals surface area contributed by atoms with Gasteiger partial charge >= 0.3 is 5.97 Å². The molecular formula is C10H13N5O3. The second-order valence-electron chi connectivity index (χ2n) is 3.56. The molecule has 1 atom stereocenters. The molecule has 0 aliphatic carbocycles. The van der Waals surface area contributed by atoms with Crippen molar-refractivity contribution in [2.75, 3.05) is 6.61 Å². The quantitative estimate of drug-likeness (QED) is 0.729. The Bertz CT molecular complexity index is 507. The van der Waals surface area contributed by atoms with Crippen LogP contribution in [0.25, 0.3) is 0 Å². The molecule has 0 fully saturated rings. The van der Waals surface area contributed by atoms with Crippen LogP contribution < -0.4 is 5.73 Å². The van der Waals surface area contributed by atoms with Gasteiger partial charge in [0.1, 0.15) is 0 Å². The zero-order valence-electron chi connectivity index (χ0n) is 9.79. The number of nitrogens with zero attached hydrogens (tertiary/aromatic N) is 3. The number of hydrogen-bond donors (Lipinski definition) is 2. The first-order chi connectivity index (χ1) is 8.70. The van der Waals surface area contributed by atoms with Crippen molar-refractivity contribution in [2.45, 2.75) is 19.4 Å². The molecule has 2 rings (SSSR count). The fourth-order valence-corrected chi connectivity index (χ4v) is 1.38. The summed E-state index contributed by atoms with van der Waals surface area (Å²) in [5.74, 6) is -0.555. The molecule has 0 aliphatic rings. The third-order valence-electron chi connectivity index (χ3n) is 2.21. The van der Waals surface area contributed by atoms with Gasteiger partial charge in [0.05, 0.1) is 19.0 Å². The van der Waals surface area contributed by atoms with Crippen molar-refractivity contribution in [3.05, 3.63) is 29.9 Å². The lowest BCUT2D eigenvalue weighted by Gasteiger charge is -2.03. The molecule has 0 aromatic carbocycles. The van der Waals surface area contributed by atoms with Crippen LogP contribution in [-0.2, 0) is 11.2 Å². The number of carbonyl (C=O) groups is 1. The van der Waals surface area contributed by atoms with Gasteiger partial charge in [-0.05, 0) is 12.1 Å². The Balaban J connectivity index is 2.03. The van der Waals surface area contributed by atoms with Gasteiger partial charge < -0.3 is 20.0 Å². The van der Waals surface area contributed by atoms with Gasteiger partial charge in [-0.25, -0.2) is 9.78 Å². The highest BCUT2D eigenvalue weighted by Gasteiger charge is 2.20. The fraction of sp³-hybridized carbons (Fsp3) is 0.400. The van der Waals surface area contributed by atoms with Crippen LogP contribution in [0, 0.1) is 0 Å². The molecule has 0 amide bonds. The highest BCUT2D eigenvalue weighted by Crippen LogP contribution is 2.12. The first kappa shape index (κ1) is 12.2. The number of imidazole rings is 1. The van der Waals surface area contributed by atoms with Crippen molar-refractivity contribution in [2.24, 2.45) is 5.73 Å². The first-order valence-corrected chi connectivity index (χ1v) is 5.44. The van der Waals surface area contributed by atoms with Crippen LogP contribution in [0.4, 0.5) is 0 Å². The summed E-state index contributed by atoms with van der Waals surface area (Å²) in [5, 5.41) is 3.52. The molecule has 8 nitrogen and oxygen atoms in total. The van der Waals surface area contributed by atoms with Gasteiger partial charge in [-0.1, -0.05) is 0 Å². The van der Waals surface area contributed by atoms with E-state index in [2.05, 4.69) is 20.1 Å². The highest BCUT2D eigenvalue weighted by molar-refractivity contribution is 5.84. The van der Waals surface area contributed by atoms with E-state index in [4.69, 9.17) is 15.0 Å². The lowest BCUT2D eigenvalue weighted by atomic mass is 10.2. The third-order valence-corrected chi connectivity index (χ3v) is 2.21. The molecule has 0 aliphatic heterocycles. The van der Waals surface area contributed by atoms with E-state index >= 15 is 0 Å². The van der Waals surface area contributed by atoms with Crippen molar-refractivity contribution in [1.82, 2.24) is 20.1 Å². The number of nitrogens with one attached hydrogen (secondary N) is 1. The number of H-pyrrole nitrogens is 1. The topological polar surface area (TPSA) is 120 Å². The second-order valence-corrected chi connectivity index (χ2v) is 3.56. The van der Waals surface area contributed by atoms with E-state index in [0.717, 1.165) is 5.69 Å². The van der Waals surface area contributed by atoms with E-state index in [-0.39, 0.29) is 18.3 Å². The Labute approximate surface area is 103 Å². The predicted octanol–water partition coefficient (Wildman–Crippen LogP) is 0.212. The molecular weight excluding hydrogens is 238 g/mol. The summed E-state index contributed by atoms with van der Waals surface area (Å²) in [6, 6.07) is -0.499. The summed E-state index contributed by atoms with van der Waals surface area (Å²) < 4.78 is 9.67. The van der Waals surface area contributed by atoms with Crippen LogP contribution >= 0.6 is 0 Å². The number of aromatic amines is 1. The molecule has 2 aromatic rings. The lowest BCUT2D eigenvalue weighted by Crippen LogP contribution is -2.14. The van der Waals surface area contributed by atoms with Crippen molar-refractivity contribution in [3.63, 3.8) is 0 Å².